The molecule has 1 unspecified atom stereocenters. The quantitative estimate of drug-likeness (QED) is 0.743. The van der Waals surface area contributed by atoms with Crippen LogP contribution in [-0.4, -0.2) is 26.5 Å². The van der Waals surface area contributed by atoms with E-state index >= 15 is 0 Å². The van der Waals surface area contributed by atoms with Gasteiger partial charge in [0.15, 0.2) is 0 Å². The highest BCUT2D eigenvalue weighted by atomic mass is 32.1. The van der Waals surface area contributed by atoms with Gasteiger partial charge in [0.05, 0.1) is 23.4 Å². The van der Waals surface area contributed by atoms with Crippen LogP contribution in [0.15, 0.2) is 35.8 Å². The fourth-order valence-electron chi connectivity index (χ4n) is 3.21. The molecular weight excluding hydrogens is 306 g/mol. The Morgan fingerprint density at radius 3 is 2.91 bits per heavy atom. The third-order valence-electron chi connectivity index (χ3n) is 4.39. The minimum absolute atomic E-state index is 0.449. The molecular formula is C17H19N5S. The molecule has 0 saturated heterocycles. The lowest BCUT2D eigenvalue weighted by molar-refractivity contribution is 0.584. The van der Waals surface area contributed by atoms with E-state index in [1.807, 2.05) is 17.9 Å². The minimum Gasteiger partial charge on any atom is -0.365 e. The molecule has 1 atom stereocenters. The summed E-state index contributed by atoms with van der Waals surface area (Å²) in [4.78, 5) is 7.15. The van der Waals surface area contributed by atoms with Crippen molar-refractivity contribution in [1.82, 2.24) is 20.0 Å². The minimum atomic E-state index is 0.449. The third-order valence-corrected chi connectivity index (χ3v) is 5.51. The van der Waals surface area contributed by atoms with Crippen LogP contribution in [0.4, 0.5) is 5.69 Å². The molecule has 4 rings (SSSR count). The van der Waals surface area contributed by atoms with E-state index in [0.717, 1.165) is 30.9 Å². The lowest BCUT2D eigenvalue weighted by Crippen LogP contribution is -2.34. The fraction of sp³-hybridized carbons (Fsp3) is 0.353. The molecule has 2 aromatic heterocycles. The molecule has 0 N–H and O–H groups in total. The summed E-state index contributed by atoms with van der Waals surface area (Å²) >= 11 is 1.78. The maximum atomic E-state index is 4.72. The van der Waals surface area contributed by atoms with E-state index in [9.17, 15) is 0 Å². The van der Waals surface area contributed by atoms with Gasteiger partial charge in [0.2, 0.25) is 0 Å². The molecule has 5 nitrogen and oxygen atoms in total. The lowest BCUT2D eigenvalue weighted by Gasteiger charge is -2.35. The van der Waals surface area contributed by atoms with E-state index in [2.05, 4.69) is 51.8 Å². The topological polar surface area (TPSA) is 46.8 Å². The Balaban J connectivity index is 1.67. The van der Waals surface area contributed by atoms with E-state index < -0.39 is 0 Å². The van der Waals surface area contributed by atoms with Gasteiger partial charge in [-0.15, -0.1) is 16.4 Å². The fourth-order valence-corrected chi connectivity index (χ4v) is 4.10. The summed E-state index contributed by atoms with van der Waals surface area (Å²) in [7, 11) is 1.94. The predicted molar refractivity (Wildman–Crippen MR) is 91.8 cm³/mol. The van der Waals surface area contributed by atoms with Gasteiger partial charge >= 0.3 is 0 Å². The Labute approximate surface area is 139 Å². The van der Waals surface area contributed by atoms with Crippen molar-refractivity contribution in [3.63, 3.8) is 0 Å². The number of benzene rings is 1. The van der Waals surface area contributed by atoms with Crippen molar-refractivity contribution in [3.05, 3.63) is 57.8 Å². The number of hydrogen-bond acceptors (Lipinski definition) is 5. The van der Waals surface area contributed by atoms with E-state index in [1.54, 1.807) is 11.3 Å². The van der Waals surface area contributed by atoms with Crippen molar-refractivity contribution < 1.29 is 0 Å². The number of nitrogens with zero attached hydrogens (tertiary/aromatic N) is 5. The zero-order valence-corrected chi connectivity index (χ0v) is 14.1. The zero-order chi connectivity index (χ0) is 15.8. The molecule has 1 aliphatic heterocycles. The summed E-state index contributed by atoms with van der Waals surface area (Å²) in [5.41, 5.74) is 4.95. The van der Waals surface area contributed by atoms with Crippen molar-refractivity contribution in [2.24, 2.45) is 7.05 Å². The van der Waals surface area contributed by atoms with Crippen LogP contribution in [0, 0.1) is 6.92 Å². The molecule has 1 aliphatic rings. The second kappa shape index (κ2) is 5.77. The van der Waals surface area contributed by atoms with Crippen LogP contribution in [0.5, 0.6) is 0 Å². The van der Waals surface area contributed by atoms with E-state index in [4.69, 9.17) is 4.98 Å². The summed E-state index contributed by atoms with van der Waals surface area (Å²) in [6.45, 7) is 3.87. The van der Waals surface area contributed by atoms with Crippen molar-refractivity contribution >= 4 is 17.0 Å². The normalized spacial score (nSPS) is 17.3. The number of hydrogen-bond donors (Lipinski definition) is 0. The number of para-hydroxylation sites is 1. The van der Waals surface area contributed by atoms with Gasteiger partial charge in [-0.2, -0.15) is 0 Å². The van der Waals surface area contributed by atoms with Crippen LogP contribution in [0.3, 0.4) is 0 Å². The molecule has 0 spiro atoms. The Morgan fingerprint density at radius 1 is 1.30 bits per heavy atom. The van der Waals surface area contributed by atoms with Crippen LogP contribution in [0.2, 0.25) is 0 Å². The summed E-state index contributed by atoms with van der Waals surface area (Å²) in [6.07, 6.45) is 2.91. The van der Waals surface area contributed by atoms with Crippen LogP contribution in [-0.2, 0) is 20.0 Å². The Hall–Kier alpha value is -2.21. The molecule has 3 heterocycles. The lowest BCUT2D eigenvalue weighted by atomic mass is 9.92. The number of aromatic nitrogens is 4. The molecule has 118 valence electrons. The average Bonchev–Trinajstić information content (AvgIpc) is 3.16. The van der Waals surface area contributed by atoms with E-state index in [0.29, 0.717) is 5.92 Å². The maximum absolute atomic E-state index is 4.72. The largest absolute Gasteiger partial charge is 0.365 e. The molecule has 0 aliphatic carbocycles. The van der Waals surface area contributed by atoms with Crippen molar-refractivity contribution in [2.75, 3.05) is 11.4 Å². The Morgan fingerprint density at radius 2 is 2.17 bits per heavy atom. The molecule has 6 heteroatoms. The highest BCUT2D eigenvalue weighted by Crippen LogP contribution is 2.36. The second-order valence-electron chi connectivity index (χ2n) is 6.09. The Kier molecular flexibility index (Phi) is 3.61. The number of thiazole rings is 1. The van der Waals surface area contributed by atoms with Crippen molar-refractivity contribution in [2.45, 2.75) is 25.8 Å². The third kappa shape index (κ3) is 2.74. The van der Waals surface area contributed by atoms with Gasteiger partial charge in [0.25, 0.3) is 0 Å². The van der Waals surface area contributed by atoms with Crippen LogP contribution < -0.4 is 4.90 Å². The van der Waals surface area contributed by atoms with Gasteiger partial charge in [0, 0.05) is 36.3 Å². The number of rotatable bonds is 3. The average molecular weight is 325 g/mol. The summed E-state index contributed by atoms with van der Waals surface area (Å²) < 4.78 is 1.85. The molecule has 0 fully saturated rings. The standard InChI is InChI=1S/C17H19N5S/c1-12-11-23-17(19-12)14-7-13-5-3-4-6-16(13)22(9-14)10-15-8-18-20-21(15)2/h3-6,8,11,14H,7,9-10H2,1-2H3. The first kappa shape index (κ1) is 14.4. The summed E-state index contributed by atoms with van der Waals surface area (Å²) in [5.74, 6) is 0.449. The maximum Gasteiger partial charge on any atom is 0.0980 e. The van der Waals surface area contributed by atoms with Crippen LogP contribution in [0.25, 0.3) is 0 Å². The SMILES string of the molecule is Cc1csc(C2Cc3ccccc3N(Cc3cnnn3C)C2)n1. The highest BCUT2D eigenvalue weighted by molar-refractivity contribution is 7.09. The zero-order valence-electron chi connectivity index (χ0n) is 13.3. The van der Waals surface area contributed by atoms with Crippen LogP contribution >= 0.6 is 11.3 Å². The van der Waals surface area contributed by atoms with Crippen LogP contribution in [0.1, 0.15) is 27.9 Å². The second-order valence-corrected chi connectivity index (χ2v) is 6.98. The smallest absolute Gasteiger partial charge is 0.0980 e. The summed E-state index contributed by atoms with van der Waals surface area (Å²) in [5, 5.41) is 11.4. The molecule has 3 aromatic rings. The van der Waals surface area contributed by atoms with Gasteiger partial charge in [-0.3, -0.25) is 4.68 Å². The van der Waals surface area contributed by atoms with Gasteiger partial charge in [-0.1, -0.05) is 23.4 Å². The molecule has 0 bridgehead atoms. The van der Waals surface area contributed by atoms with E-state index in [-0.39, 0.29) is 0 Å². The van der Waals surface area contributed by atoms with Crippen molar-refractivity contribution in [3.8, 4) is 0 Å². The number of anilines is 1. The van der Waals surface area contributed by atoms with E-state index in [1.165, 1.54) is 16.3 Å². The number of fused-ring (bicyclic) bond motifs is 1. The first-order valence-electron chi connectivity index (χ1n) is 7.79. The highest BCUT2D eigenvalue weighted by Gasteiger charge is 2.27. The molecule has 1 aromatic carbocycles. The predicted octanol–water partition coefficient (Wildman–Crippen LogP) is 2.93. The van der Waals surface area contributed by atoms with Gasteiger partial charge in [-0.05, 0) is 25.0 Å². The monoisotopic (exact) mass is 325 g/mol. The first-order valence-corrected chi connectivity index (χ1v) is 8.67. The number of aryl methyl sites for hydroxylation is 2. The molecule has 0 saturated carbocycles. The first-order chi connectivity index (χ1) is 11.2. The van der Waals surface area contributed by atoms with Gasteiger partial charge < -0.3 is 4.90 Å². The van der Waals surface area contributed by atoms with Crippen molar-refractivity contribution in [1.29, 1.82) is 0 Å². The summed E-state index contributed by atoms with van der Waals surface area (Å²) in [6, 6.07) is 8.68. The van der Waals surface area contributed by atoms with Gasteiger partial charge in [-0.25, -0.2) is 4.98 Å². The molecule has 0 amide bonds. The molecule has 23 heavy (non-hydrogen) atoms. The van der Waals surface area contributed by atoms with Gasteiger partial charge in [0.1, 0.15) is 0 Å². The Bertz CT molecular complexity index is 822. The molecule has 0 radical (unpaired) electrons.